The first-order valence-corrected chi connectivity index (χ1v) is 18.5. The zero-order valence-corrected chi connectivity index (χ0v) is 28.8. The van der Waals surface area contributed by atoms with Crippen LogP contribution < -0.4 is 0 Å². The fraction of sp³-hybridized carbons (Fsp3) is 0.0400. The van der Waals surface area contributed by atoms with Gasteiger partial charge in [0, 0.05) is 32.5 Å². The maximum absolute atomic E-state index is 5.57. The van der Waals surface area contributed by atoms with Gasteiger partial charge in [-0.1, -0.05) is 140 Å². The van der Waals surface area contributed by atoms with Crippen molar-refractivity contribution in [2.24, 2.45) is 0 Å². The van der Waals surface area contributed by atoms with Gasteiger partial charge in [0.05, 0.1) is 22.2 Å². The number of aromatic nitrogens is 3. The van der Waals surface area contributed by atoms with Crippen molar-refractivity contribution in [2.45, 2.75) is 12.8 Å². The van der Waals surface area contributed by atoms with Crippen LogP contribution in [0, 0.1) is 0 Å². The standard InChI is InChI=1S/C50H31N3/c1-2-14-33-29-34(22-21-30(33)11-1)48-42-25-23-32-13-4-6-16-36(32)49(42)52-50(51-48)53-43-27-24-31-12-3-5-15-35(31)46(43)47-44(53)28-26-41-39-19-8-7-17-37(39)38-18-9-10-20-40(38)45(41)47/h1-4,6-14,16-29H,5,15H2. The highest BCUT2D eigenvalue weighted by Gasteiger charge is 2.24. The fourth-order valence-electron chi connectivity index (χ4n) is 9.26. The van der Waals surface area contributed by atoms with Gasteiger partial charge in [-0.25, -0.2) is 9.97 Å². The second-order valence-corrected chi connectivity index (χ2v) is 14.4. The van der Waals surface area contributed by atoms with Gasteiger partial charge < -0.3 is 0 Å². The van der Waals surface area contributed by atoms with Gasteiger partial charge in [0.2, 0.25) is 5.95 Å². The van der Waals surface area contributed by atoms with Crippen LogP contribution in [0.25, 0.3) is 110 Å². The summed E-state index contributed by atoms with van der Waals surface area (Å²) in [6.45, 7) is 0. The Labute approximate surface area is 305 Å². The lowest BCUT2D eigenvalue weighted by molar-refractivity contribution is 0.992. The highest BCUT2D eigenvalue weighted by Crippen LogP contribution is 2.46. The van der Waals surface area contributed by atoms with Gasteiger partial charge in [-0.2, -0.15) is 0 Å². The number of aryl methyl sites for hydroxylation is 1. The van der Waals surface area contributed by atoms with Crippen LogP contribution in [-0.2, 0) is 6.42 Å². The van der Waals surface area contributed by atoms with E-state index in [2.05, 4.69) is 168 Å². The van der Waals surface area contributed by atoms with E-state index in [-0.39, 0.29) is 0 Å². The third-order valence-corrected chi connectivity index (χ3v) is 11.6. The lowest BCUT2D eigenvalue weighted by atomic mass is 9.89. The van der Waals surface area contributed by atoms with E-state index in [1.54, 1.807) is 0 Å². The molecule has 0 unspecified atom stereocenters. The van der Waals surface area contributed by atoms with Crippen LogP contribution in [0.4, 0.5) is 0 Å². The van der Waals surface area contributed by atoms with Gasteiger partial charge in [0.25, 0.3) is 0 Å². The number of hydrogen-bond donors (Lipinski definition) is 0. The van der Waals surface area contributed by atoms with Crippen molar-refractivity contribution in [3.05, 3.63) is 169 Å². The summed E-state index contributed by atoms with van der Waals surface area (Å²) in [5.74, 6) is 0.688. The molecule has 11 aromatic rings. The maximum atomic E-state index is 5.57. The van der Waals surface area contributed by atoms with Crippen LogP contribution in [0.1, 0.15) is 17.5 Å². The first-order valence-electron chi connectivity index (χ1n) is 18.5. The Morgan fingerprint density at radius 2 is 1.08 bits per heavy atom. The molecule has 12 rings (SSSR count). The Morgan fingerprint density at radius 1 is 0.453 bits per heavy atom. The second kappa shape index (κ2) is 10.8. The normalized spacial score (nSPS) is 13.1. The molecule has 9 aromatic carbocycles. The number of rotatable bonds is 2. The van der Waals surface area contributed by atoms with Gasteiger partial charge in [0.15, 0.2) is 0 Å². The van der Waals surface area contributed by atoms with E-state index in [1.165, 1.54) is 70.4 Å². The fourth-order valence-corrected chi connectivity index (χ4v) is 9.26. The number of nitrogens with zero attached hydrogens (tertiary/aromatic N) is 3. The van der Waals surface area contributed by atoms with E-state index < -0.39 is 0 Å². The summed E-state index contributed by atoms with van der Waals surface area (Å²) in [6, 6.07) is 55.2. The molecule has 0 spiro atoms. The predicted molar refractivity (Wildman–Crippen MR) is 224 cm³/mol. The molecular formula is C50H31N3. The summed E-state index contributed by atoms with van der Waals surface area (Å²) in [4.78, 5) is 11.1. The van der Waals surface area contributed by atoms with Crippen molar-refractivity contribution in [3.8, 4) is 17.2 Å². The Morgan fingerprint density at radius 3 is 1.91 bits per heavy atom. The van der Waals surface area contributed by atoms with Gasteiger partial charge in [-0.15, -0.1) is 0 Å². The number of benzene rings is 9. The summed E-state index contributed by atoms with van der Waals surface area (Å²) in [6.07, 6.45) is 6.63. The molecule has 3 nitrogen and oxygen atoms in total. The summed E-state index contributed by atoms with van der Waals surface area (Å²) in [5.41, 5.74) is 7.95. The summed E-state index contributed by atoms with van der Waals surface area (Å²) in [7, 11) is 0. The molecule has 0 aliphatic heterocycles. The highest BCUT2D eigenvalue weighted by molar-refractivity contribution is 6.35. The van der Waals surface area contributed by atoms with E-state index in [4.69, 9.17) is 9.97 Å². The lowest BCUT2D eigenvalue weighted by Crippen LogP contribution is -2.04. The Kier molecular flexibility index (Phi) is 5.89. The molecule has 3 heteroatoms. The van der Waals surface area contributed by atoms with Crippen molar-refractivity contribution in [3.63, 3.8) is 0 Å². The molecule has 0 radical (unpaired) electrons. The van der Waals surface area contributed by atoms with Crippen molar-refractivity contribution in [1.29, 1.82) is 0 Å². The lowest BCUT2D eigenvalue weighted by Gasteiger charge is -2.15. The monoisotopic (exact) mass is 673 g/mol. The summed E-state index contributed by atoms with van der Waals surface area (Å²) >= 11 is 0. The largest absolute Gasteiger partial charge is 0.278 e. The van der Waals surface area contributed by atoms with E-state index in [0.29, 0.717) is 5.95 Å². The average Bonchev–Trinajstić information content (AvgIpc) is 3.58. The van der Waals surface area contributed by atoms with Crippen molar-refractivity contribution in [2.75, 3.05) is 0 Å². The van der Waals surface area contributed by atoms with Crippen LogP contribution in [0.3, 0.4) is 0 Å². The molecule has 53 heavy (non-hydrogen) atoms. The average molecular weight is 674 g/mol. The first kappa shape index (κ1) is 28.8. The Bertz CT molecular complexity index is 3370. The molecule has 0 N–H and O–H groups in total. The van der Waals surface area contributed by atoms with E-state index in [0.717, 1.165) is 51.4 Å². The molecular weight excluding hydrogens is 643 g/mol. The van der Waals surface area contributed by atoms with Crippen LogP contribution >= 0.6 is 0 Å². The third kappa shape index (κ3) is 4.05. The first-order chi connectivity index (χ1) is 26.3. The predicted octanol–water partition coefficient (Wildman–Crippen LogP) is 13.1. The topological polar surface area (TPSA) is 30.7 Å². The van der Waals surface area contributed by atoms with E-state index >= 15 is 0 Å². The molecule has 0 amide bonds. The quantitative estimate of drug-likeness (QED) is 0.171. The van der Waals surface area contributed by atoms with Gasteiger partial charge in [0.1, 0.15) is 0 Å². The van der Waals surface area contributed by atoms with E-state index in [9.17, 15) is 0 Å². The third-order valence-electron chi connectivity index (χ3n) is 11.6. The number of hydrogen-bond acceptors (Lipinski definition) is 2. The summed E-state index contributed by atoms with van der Waals surface area (Å²) < 4.78 is 2.35. The SMILES string of the molecule is C1=Cc2ccc3c(c2CC1)c1c2c4ccccc4c4ccccc4c2ccc1n3-c1nc(-c2ccc3ccccc3c2)c2ccc3ccccc3c2n1. The van der Waals surface area contributed by atoms with Crippen molar-refractivity contribution in [1.82, 2.24) is 14.5 Å². The van der Waals surface area contributed by atoms with Gasteiger partial charge in [-0.05, 0) is 91.3 Å². The minimum absolute atomic E-state index is 0.688. The summed E-state index contributed by atoms with van der Waals surface area (Å²) in [5, 5.41) is 16.0. The zero-order valence-electron chi connectivity index (χ0n) is 28.8. The van der Waals surface area contributed by atoms with E-state index in [1.807, 2.05) is 0 Å². The van der Waals surface area contributed by atoms with Crippen molar-refractivity contribution >= 4 is 92.6 Å². The van der Waals surface area contributed by atoms with Gasteiger partial charge in [-0.3, -0.25) is 4.57 Å². The van der Waals surface area contributed by atoms with Crippen LogP contribution in [0.5, 0.6) is 0 Å². The number of fused-ring (bicyclic) bond motifs is 16. The molecule has 0 saturated carbocycles. The number of allylic oxidation sites excluding steroid dienone is 1. The zero-order chi connectivity index (χ0) is 34.6. The Balaban J connectivity index is 1.28. The van der Waals surface area contributed by atoms with Gasteiger partial charge >= 0.3 is 0 Å². The molecule has 2 heterocycles. The minimum Gasteiger partial charge on any atom is -0.278 e. The Hall–Kier alpha value is -6.84. The smallest absolute Gasteiger partial charge is 0.235 e. The molecule has 0 atom stereocenters. The molecule has 0 fully saturated rings. The molecule has 0 saturated heterocycles. The molecule has 1 aliphatic rings. The van der Waals surface area contributed by atoms with Crippen LogP contribution in [0.15, 0.2) is 158 Å². The molecule has 246 valence electrons. The second-order valence-electron chi connectivity index (χ2n) is 14.4. The highest BCUT2D eigenvalue weighted by atomic mass is 15.2. The minimum atomic E-state index is 0.688. The van der Waals surface area contributed by atoms with Crippen molar-refractivity contribution < 1.29 is 0 Å². The molecule has 2 aromatic heterocycles. The maximum Gasteiger partial charge on any atom is 0.235 e. The van der Waals surface area contributed by atoms with Crippen LogP contribution in [-0.4, -0.2) is 14.5 Å². The van der Waals surface area contributed by atoms with Crippen LogP contribution in [0.2, 0.25) is 0 Å². The molecule has 0 bridgehead atoms. The molecule has 1 aliphatic carbocycles.